The minimum absolute atomic E-state index is 0.121. The highest BCUT2D eigenvalue weighted by atomic mass is 16.5. The van der Waals surface area contributed by atoms with Crippen LogP contribution in [0.15, 0.2) is 18.2 Å². The molecule has 116 valence electrons. The Bertz CT molecular complexity index is 482. The molecule has 0 radical (unpaired) electrons. The van der Waals surface area contributed by atoms with Crippen LogP contribution in [0.5, 0.6) is 5.75 Å². The largest absolute Gasteiger partial charge is 0.497 e. The molecule has 0 spiro atoms. The smallest absolute Gasteiger partial charge is 0.253 e. The van der Waals surface area contributed by atoms with Crippen molar-refractivity contribution >= 4 is 11.6 Å². The molecule has 0 saturated carbocycles. The molecule has 3 N–H and O–H groups in total. The Morgan fingerprint density at radius 3 is 2.76 bits per heavy atom. The SMILES string of the molecule is CCN1CCC(CNC(=O)c2cc(OC)ccc2N)CC1. The Morgan fingerprint density at radius 2 is 2.14 bits per heavy atom. The molecule has 21 heavy (non-hydrogen) atoms. The van der Waals surface area contributed by atoms with Gasteiger partial charge in [0.25, 0.3) is 5.91 Å². The van der Waals surface area contributed by atoms with Crippen molar-refractivity contribution in [3.63, 3.8) is 0 Å². The molecule has 1 aliphatic rings. The minimum atomic E-state index is -0.121. The molecule has 1 aromatic rings. The maximum Gasteiger partial charge on any atom is 0.253 e. The fraction of sp³-hybridized carbons (Fsp3) is 0.562. The first kappa shape index (κ1) is 15.6. The molecule has 0 aromatic heterocycles. The lowest BCUT2D eigenvalue weighted by Gasteiger charge is -2.31. The van der Waals surface area contributed by atoms with E-state index in [9.17, 15) is 4.79 Å². The van der Waals surface area contributed by atoms with Crippen LogP contribution < -0.4 is 15.8 Å². The van der Waals surface area contributed by atoms with E-state index in [0.717, 1.165) is 32.5 Å². The molecule has 0 unspecified atom stereocenters. The number of nitrogen functional groups attached to an aromatic ring is 1. The maximum absolute atomic E-state index is 12.2. The summed E-state index contributed by atoms with van der Waals surface area (Å²) >= 11 is 0. The van der Waals surface area contributed by atoms with Crippen LogP contribution in [-0.2, 0) is 0 Å². The van der Waals surface area contributed by atoms with E-state index in [1.54, 1.807) is 25.3 Å². The summed E-state index contributed by atoms with van der Waals surface area (Å²) in [5, 5.41) is 3.00. The van der Waals surface area contributed by atoms with E-state index in [4.69, 9.17) is 10.5 Å². The number of nitrogens with one attached hydrogen (secondary N) is 1. The zero-order valence-corrected chi connectivity index (χ0v) is 12.9. The summed E-state index contributed by atoms with van der Waals surface area (Å²) in [4.78, 5) is 14.7. The van der Waals surface area contributed by atoms with E-state index in [1.165, 1.54) is 0 Å². The first-order chi connectivity index (χ1) is 10.1. The van der Waals surface area contributed by atoms with Gasteiger partial charge in [-0.25, -0.2) is 0 Å². The monoisotopic (exact) mass is 291 g/mol. The van der Waals surface area contributed by atoms with Crippen LogP contribution in [0.2, 0.25) is 0 Å². The first-order valence-electron chi connectivity index (χ1n) is 7.58. The van der Waals surface area contributed by atoms with Crippen molar-refractivity contribution < 1.29 is 9.53 Å². The maximum atomic E-state index is 12.2. The average Bonchev–Trinajstić information content (AvgIpc) is 2.53. The summed E-state index contributed by atoms with van der Waals surface area (Å²) in [5.74, 6) is 1.08. The van der Waals surface area contributed by atoms with E-state index in [0.29, 0.717) is 29.5 Å². The summed E-state index contributed by atoms with van der Waals surface area (Å²) in [6.07, 6.45) is 2.28. The van der Waals surface area contributed by atoms with Crippen molar-refractivity contribution in [1.82, 2.24) is 10.2 Å². The predicted octanol–water partition coefficient (Wildman–Crippen LogP) is 1.74. The van der Waals surface area contributed by atoms with Crippen LogP contribution in [0, 0.1) is 5.92 Å². The molecule has 0 atom stereocenters. The second-order valence-corrected chi connectivity index (χ2v) is 5.54. The lowest BCUT2D eigenvalue weighted by molar-refractivity contribution is 0.0937. The van der Waals surface area contributed by atoms with Gasteiger partial charge in [-0.15, -0.1) is 0 Å². The van der Waals surface area contributed by atoms with Gasteiger partial charge < -0.3 is 20.7 Å². The van der Waals surface area contributed by atoms with Gasteiger partial charge in [0.1, 0.15) is 5.75 Å². The molecule has 1 amide bonds. The third-order valence-corrected chi connectivity index (χ3v) is 4.21. The second-order valence-electron chi connectivity index (χ2n) is 5.54. The zero-order valence-electron chi connectivity index (χ0n) is 12.9. The fourth-order valence-corrected chi connectivity index (χ4v) is 2.70. The molecular formula is C16H25N3O2. The minimum Gasteiger partial charge on any atom is -0.497 e. The number of anilines is 1. The number of nitrogens with two attached hydrogens (primary N) is 1. The number of benzene rings is 1. The van der Waals surface area contributed by atoms with Crippen molar-refractivity contribution in [2.75, 3.05) is 39.0 Å². The number of carbonyl (C=O) groups excluding carboxylic acids is 1. The van der Waals surface area contributed by atoms with E-state index in [-0.39, 0.29) is 5.91 Å². The number of methoxy groups -OCH3 is 1. The molecule has 0 aliphatic carbocycles. The number of nitrogens with zero attached hydrogens (tertiary/aromatic N) is 1. The molecule has 1 heterocycles. The third kappa shape index (κ3) is 4.11. The fourth-order valence-electron chi connectivity index (χ4n) is 2.70. The number of ether oxygens (including phenoxy) is 1. The zero-order chi connectivity index (χ0) is 15.2. The number of hydrogen-bond acceptors (Lipinski definition) is 4. The van der Waals surface area contributed by atoms with Crippen molar-refractivity contribution in [3.8, 4) is 5.75 Å². The first-order valence-corrected chi connectivity index (χ1v) is 7.58. The molecular weight excluding hydrogens is 266 g/mol. The highest BCUT2D eigenvalue weighted by Crippen LogP contribution is 2.20. The number of amides is 1. The van der Waals surface area contributed by atoms with Crippen LogP contribution >= 0.6 is 0 Å². The van der Waals surface area contributed by atoms with Gasteiger partial charge in [0.2, 0.25) is 0 Å². The van der Waals surface area contributed by atoms with Crippen molar-refractivity contribution in [1.29, 1.82) is 0 Å². The molecule has 1 fully saturated rings. The molecule has 5 heteroatoms. The number of rotatable bonds is 5. The molecule has 5 nitrogen and oxygen atoms in total. The van der Waals surface area contributed by atoms with Gasteiger partial charge in [0.05, 0.1) is 12.7 Å². The Kier molecular flexibility index (Phi) is 5.44. The van der Waals surface area contributed by atoms with Gasteiger partial charge in [0, 0.05) is 12.2 Å². The highest BCUT2D eigenvalue weighted by molar-refractivity contribution is 5.99. The van der Waals surface area contributed by atoms with Gasteiger partial charge in [-0.1, -0.05) is 6.92 Å². The molecule has 2 rings (SSSR count). The van der Waals surface area contributed by atoms with Gasteiger partial charge >= 0.3 is 0 Å². The number of piperidine rings is 1. The van der Waals surface area contributed by atoms with Gasteiger partial charge in [0.15, 0.2) is 0 Å². The molecule has 1 aromatic carbocycles. The van der Waals surface area contributed by atoms with Gasteiger partial charge in [-0.3, -0.25) is 4.79 Å². The summed E-state index contributed by atoms with van der Waals surface area (Å²) in [5.41, 5.74) is 6.83. The van der Waals surface area contributed by atoms with Crippen LogP contribution in [0.1, 0.15) is 30.1 Å². The molecule has 1 saturated heterocycles. The van der Waals surface area contributed by atoms with E-state index in [1.807, 2.05) is 0 Å². The Labute approximate surface area is 126 Å². The van der Waals surface area contributed by atoms with E-state index < -0.39 is 0 Å². The molecule has 1 aliphatic heterocycles. The third-order valence-electron chi connectivity index (χ3n) is 4.21. The second kappa shape index (κ2) is 7.31. The summed E-state index contributed by atoms with van der Waals surface area (Å²) in [7, 11) is 1.58. The van der Waals surface area contributed by atoms with Crippen LogP contribution in [0.3, 0.4) is 0 Å². The Morgan fingerprint density at radius 1 is 1.43 bits per heavy atom. The number of carbonyl (C=O) groups is 1. The quantitative estimate of drug-likeness (QED) is 0.811. The van der Waals surface area contributed by atoms with Crippen LogP contribution in [0.25, 0.3) is 0 Å². The Hall–Kier alpha value is -1.75. The lowest BCUT2D eigenvalue weighted by atomic mass is 9.96. The van der Waals surface area contributed by atoms with E-state index >= 15 is 0 Å². The number of hydrogen-bond donors (Lipinski definition) is 2. The van der Waals surface area contributed by atoms with E-state index in [2.05, 4.69) is 17.1 Å². The van der Waals surface area contributed by atoms with Crippen LogP contribution in [-0.4, -0.2) is 44.1 Å². The topological polar surface area (TPSA) is 67.6 Å². The van der Waals surface area contributed by atoms with Crippen molar-refractivity contribution in [3.05, 3.63) is 23.8 Å². The predicted molar refractivity (Wildman–Crippen MR) is 84.6 cm³/mol. The Balaban J connectivity index is 1.87. The van der Waals surface area contributed by atoms with Crippen LogP contribution in [0.4, 0.5) is 5.69 Å². The standard InChI is InChI=1S/C16H25N3O2/c1-3-19-8-6-12(7-9-19)11-18-16(20)14-10-13(21-2)4-5-15(14)17/h4-5,10,12H,3,6-9,11,17H2,1-2H3,(H,18,20). The molecule has 0 bridgehead atoms. The highest BCUT2D eigenvalue weighted by Gasteiger charge is 2.19. The summed E-state index contributed by atoms with van der Waals surface area (Å²) < 4.78 is 5.14. The lowest BCUT2D eigenvalue weighted by Crippen LogP contribution is -2.38. The van der Waals surface area contributed by atoms with Crippen molar-refractivity contribution in [2.24, 2.45) is 5.92 Å². The summed E-state index contributed by atoms with van der Waals surface area (Å²) in [6.45, 7) is 6.26. The van der Waals surface area contributed by atoms with Crippen molar-refractivity contribution in [2.45, 2.75) is 19.8 Å². The van der Waals surface area contributed by atoms with Gasteiger partial charge in [-0.05, 0) is 56.6 Å². The van der Waals surface area contributed by atoms with Gasteiger partial charge in [-0.2, -0.15) is 0 Å². The normalized spacial score (nSPS) is 16.7. The number of likely N-dealkylation sites (tertiary alicyclic amines) is 1. The average molecular weight is 291 g/mol. The summed E-state index contributed by atoms with van der Waals surface area (Å²) in [6, 6.07) is 5.14.